The van der Waals surface area contributed by atoms with Gasteiger partial charge in [-0.2, -0.15) is 0 Å². The lowest BCUT2D eigenvalue weighted by Crippen LogP contribution is -2.54. The lowest BCUT2D eigenvalue weighted by atomic mass is 9.44. The van der Waals surface area contributed by atoms with Gasteiger partial charge in [0.2, 0.25) is 0 Å². The lowest BCUT2D eigenvalue weighted by molar-refractivity contribution is -0.153. The minimum atomic E-state index is 0.0728. The van der Waals surface area contributed by atoms with Crippen molar-refractivity contribution in [3.05, 3.63) is 0 Å². The van der Waals surface area contributed by atoms with E-state index in [0.717, 1.165) is 18.3 Å². The predicted molar refractivity (Wildman–Crippen MR) is 61.8 cm³/mol. The first-order valence-electron chi connectivity index (χ1n) is 6.69. The van der Waals surface area contributed by atoms with Crippen LogP contribution in [-0.4, -0.2) is 12.6 Å². The van der Waals surface area contributed by atoms with E-state index >= 15 is 0 Å². The third kappa shape index (κ3) is 1.11. The van der Waals surface area contributed by atoms with Crippen molar-refractivity contribution in [1.82, 2.24) is 0 Å². The van der Waals surface area contributed by atoms with Crippen molar-refractivity contribution in [2.75, 3.05) is 6.61 Å². The Morgan fingerprint density at radius 1 is 1.44 bits per heavy atom. The fraction of sp³-hybridized carbons (Fsp3) is 0.929. The average molecular weight is 222 g/mol. The van der Waals surface area contributed by atoms with Crippen LogP contribution < -0.4 is 0 Å². The van der Waals surface area contributed by atoms with E-state index < -0.39 is 0 Å². The molecule has 0 amide bonds. The fourth-order valence-electron chi connectivity index (χ4n) is 4.64. The van der Waals surface area contributed by atoms with Crippen LogP contribution in [0.25, 0.3) is 0 Å². The molecule has 0 aromatic carbocycles. The van der Waals surface area contributed by atoms with Gasteiger partial charge in [-0.05, 0) is 55.3 Å². The van der Waals surface area contributed by atoms with Crippen LogP contribution in [0.3, 0.4) is 0 Å². The molecule has 16 heavy (non-hydrogen) atoms. The molecule has 4 aliphatic carbocycles. The van der Waals surface area contributed by atoms with Crippen LogP contribution >= 0.6 is 0 Å². The fourth-order valence-corrected chi connectivity index (χ4v) is 4.64. The zero-order valence-electron chi connectivity index (χ0n) is 10.6. The van der Waals surface area contributed by atoms with Gasteiger partial charge in [0.05, 0.1) is 12.5 Å². The van der Waals surface area contributed by atoms with Gasteiger partial charge in [-0.25, -0.2) is 0 Å². The second-order valence-electron chi connectivity index (χ2n) is 6.59. The Bertz CT molecular complexity index is 332. The van der Waals surface area contributed by atoms with Gasteiger partial charge in [-0.3, -0.25) is 4.79 Å². The summed E-state index contributed by atoms with van der Waals surface area (Å²) in [6.45, 7) is 7.22. The number of carbonyl (C=O) groups excluding carboxylic acids is 1. The third-order valence-electron chi connectivity index (χ3n) is 5.81. The van der Waals surface area contributed by atoms with Gasteiger partial charge in [-0.1, -0.05) is 13.8 Å². The molecule has 1 spiro atoms. The second kappa shape index (κ2) is 3.02. The van der Waals surface area contributed by atoms with Crippen LogP contribution in [0.2, 0.25) is 0 Å². The average Bonchev–Trinajstić information content (AvgIpc) is 2.92. The van der Waals surface area contributed by atoms with Crippen molar-refractivity contribution in [2.24, 2.45) is 28.6 Å². The summed E-state index contributed by atoms with van der Waals surface area (Å²) >= 11 is 0. The molecule has 90 valence electrons. The molecule has 4 aliphatic rings. The summed E-state index contributed by atoms with van der Waals surface area (Å²) in [5.74, 6) is 2.02. The number of hydrogen-bond donors (Lipinski definition) is 0. The Morgan fingerprint density at radius 2 is 2.19 bits per heavy atom. The molecule has 2 nitrogen and oxygen atoms in total. The van der Waals surface area contributed by atoms with E-state index in [1.54, 1.807) is 0 Å². The van der Waals surface area contributed by atoms with E-state index in [-0.39, 0.29) is 11.9 Å². The first-order valence-corrected chi connectivity index (χ1v) is 6.69. The minimum absolute atomic E-state index is 0.0728. The zero-order valence-corrected chi connectivity index (χ0v) is 10.6. The van der Waals surface area contributed by atoms with Gasteiger partial charge in [0.1, 0.15) is 0 Å². The summed E-state index contributed by atoms with van der Waals surface area (Å²) in [7, 11) is 0. The molecule has 0 heterocycles. The highest BCUT2D eigenvalue weighted by Crippen LogP contribution is 2.76. The molecule has 4 saturated carbocycles. The largest absolute Gasteiger partial charge is 0.466 e. The van der Waals surface area contributed by atoms with Crippen molar-refractivity contribution in [2.45, 2.75) is 46.5 Å². The Kier molecular flexibility index (Phi) is 2.01. The van der Waals surface area contributed by atoms with Crippen LogP contribution in [0.4, 0.5) is 0 Å². The molecule has 2 unspecified atom stereocenters. The molecule has 2 heteroatoms. The van der Waals surface area contributed by atoms with Crippen molar-refractivity contribution in [1.29, 1.82) is 0 Å². The highest BCUT2D eigenvalue weighted by atomic mass is 16.5. The molecular formula is C14H22O2. The molecule has 0 radical (unpaired) electrons. The van der Waals surface area contributed by atoms with Crippen molar-refractivity contribution >= 4 is 5.97 Å². The smallest absolute Gasteiger partial charge is 0.309 e. The number of ether oxygens (including phenoxy) is 1. The van der Waals surface area contributed by atoms with Gasteiger partial charge in [0.15, 0.2) is 0 Å². The van der Waals surface area contributed by atoms with Gasteiger partial charge < -0.3 is 4.74 Å². The third-order valence-corrected chi connectivity index (χ3v) is 5.81. The topological polar surface area (TPSA) is 26.3 Å². The van der Waals surface area contributed by atoms with Crippen LogP contribution in [0.15, 0.2) is 0 Å². The lowest BCUT2D eigenvalue weighted by Gasteiger charge is -2.61. The van der Waals surface area contributed by atoms with E-state index in [4.69, 9.17) is 4.74 Å². The normalized spacial score (nSPS) is 47.3. The SMILES string of the molecule is CCOC(=O)C1CC12CC[C@@H]1C[C@H]2C1(C)C. The summed E-state index contributed by atoms with van der Waals surface area (Å²) in [6.07, 6.45) is 5.07. The second-order valence-corrected chi connectivity index (χ2v) is 6.59. The van der Waals surface area contributed by atoms with Gasteiger partial charge in [0, 0.05) is 0 Å². The van der Waals surface area contributed by atoms with E-state index in [0.29, 0.717) is 17.4 Å². The monoisotopic (exact) mass is 222 g/mol. The number of fused-ring (bicyclic) bond motifs is 1. The van der Waals surface area contributed by atoms with Crippen molar-refractivity contribution in [3.63, 3.8) is 0 Å². The van der Waals surface area contributed by atoms with E-state index in [9.17, 15) is 4.79 Å². The number of hydrogen-bond acceptors (Lipinski definition) is 2. The summed E-state index contributed by atoms with van der Waals surface area (Å²) in [5.41, 5.74) is 0.837. The Labute approximate surface area is 97.7 Å². The Balaban J connectivity index is 1.75. The molecular weight excluding hydrogens is 200 g/mol. The maximum atomic E-state index is 11.8. The molecule has 0 aromatic rings. The first kappa shape index (κ1) is 10.6. The highest BCUT2D eigenvalue weighted by Gasteiger charge is 2.72. The maximum absolute atomic E-state index is 11.8. The van der Waals surface area contributed by atoms with Crippen LogP contribution in [0, 0.1) is 28.6 Å². The summed E-state index contributed by atoms with van der Waals surface area (Å²) in [5, 5.41) is 0. The standard InChI is InChI=1S/C14H22O2/c1-4-16-12(15)10-8-14(10)6-5-9-7-11(14)13(9,2)3/h9-11H,4-8H2,1-3H3/t9-,10?,11+,14?/m1/s1. The van der Waals surface area contributed by atoms with Crippen LogP contribution in [-0.2, 0) is 9.53 Å². The Hall–Kier alpha value is -0.530. The Morgan fingerprint density at radius 3 is 2.75 bits per heavy atom. The molecule has 4 rings (SSSR count). The van der Waals surface area contributed by atoms with Gasteiger partial charge >= 0.3 is 5.97 Å². The van der Waals surface area contributed by atoms with Crippen LogP contribution in [0.1, 0.15) is 46.5 Å². The molecule has 0 N–H and O–H groups in total. The molecule has 4 fully saturated rings. The highest BCUT2D eigenvalue weighted by molar-refractivity contribution is 5.77. The van der Waals surface area contributed by atoms with E-state index in [1.807, 2.05) is 6.92 Å². The number of rotatable bonds is 2. The molecule has 0 aromatic heterocycles. The molecule has 0 aliphatic heterocycles. The molecule has 4 atom stereocenters. The van der Waals surface area contributed by atoms with E-state index in [1.165, 1.54) is 19.3 Å². The first-order chi connectivity index (χ1) is 7.52. The summed E-state index contributed by atoms with van der Waals surface area (Å²) in [6, 6.07) is 0. The van der Waals surface area contributed by atoms with Gasteiger partial charge in [-0.15, -0.1) is 0 Å². The van der Waals surface area contributed by atoms with Crippen molar-refractivity contribution in [3.8, 4) is 0 Å². The van der Waals surface area contributed by atoms with Crippen LogP contribution in [0.5, 0.6) is 0 Å². The quantitative estimate of drug-likeness (QED) is 0.671. The van der Waals surface area contributed by atoms with E-state index in [2.05, 4.69) is 13.8 Å². The zero-order chi connectivity index (χ0) is 11.6. The molecule has 0 saturated heterocycles. The summed E-state index contributed by atoms with van der Waals surface area (Å²) < 4.78 is 5.19. The van der Waals surface area contributed by atoms with Crippen molar-refractivity contribution < 1.29 is 9.53 Å². The predicted octanol–water partition coefficient (Wildman–Crippen LogP) is 3.01. The maximum Gasteiger partial charge on any atom is 0.309 e. The summed E-state index contributed by atoms with van der Waals surface area (Å²) in [4.78, 5) is 11.8. The molecule has 2 bridgehead atoms. The van der Waals surface area contributed by atoms with Gasteiger partial charge in [0.25, 0.3) is 0 Å². The minimum Gasteiger partial charge on any atom is -0.466 e. The number of carbonyl (C=O) groups is 1. The number of esters is 1.